The molecule has 0 spiro atoms. The highest BCUT2D eigenvalue weighted by Gasteiger charge is 2.47. The Morgan fingerprint density at radius 1 is 1.00 bits per heavy atom. The van der Waals surface area contributed by atoms with Gasteiger partial charge in [-0.25, -0.2) is 13.3 Å². The molecule has 1 unspecified atom stereocenters. The van der Waals surface area contributed by atoms with E-state index in [2.05, 4.69) is 6.08 Å². The van der Waals surface area contributed by atoms with Crippen LogP contribution in [-0.4, -0.2) is 44.2 Å². The second-order valence-corrected chi connectivity index (χ2v) is 11.9. The van der Waals surface area contributed by atoms with Gasteiger partial charge in [0.1, 0.15) is 11.8 Å². The predicted octanol–water partition coefficient (Wildman–Crippen LogP) is 5.14. The Morgan fingerprint density at radius 2 is 1.65 bits per heavy atom. The van der Waals surface area contributed by atoms with Crippen LogP contribution in [0.3, 0.4) is 0 Å². The minimum absolute atomic E-state index is 0.153. The zero-order valence-electron chi connectivity index (χ0n) is 22.3. The fraction of sp³-hybridized carbons (Fsp3) is 0.448. The summed E-state index contributed by atoms with van der Waals surface area (Å²) in [7, 11) is -2.54. The average Bonchev–Trinajstić information content (AvgIpc) is 3.16. The lowest BCUT2D eigenvalue weighted by atomic mass is 9.97. The number of rotatable bonds is 8. The first-order chi connectivity index (χ1) is 17.6. The minimum Gasteiger partial charge on any atom is -0.497 e. The first-order valence-corrected chi connectivity index (χ1v) is 14.3. The number of carbonyl (C=O) groups excluding carboxylic acids is 2. The number of hydrogen-bond donors (Lipinski definition) is 0. The molecule has 7 nitrogen and oxygen atoms in total. The maximum Gasteiger partial charge on any atom is 0.252 e. The van der Waals surface area contributed by atoms with Crippen molar-refractivity contribution in [1.29, 1.82) is 0 Å². The van der Waals surface area contributed by atoms with Gasteiger partial charge in [0.15, 0.2) is 0 Å². The molecular formula is C29H36N2O5S. The van der Waals surface area contributed by atoms with Crippen molar-refractivity contribution >= 4 is 27.5 Å². The lowest BCUT2D eigenvalue weighted by Crippen LogP contribution is -2.46. The summed E-state index contributed by atoms with van der Waals surface area (Å²) in [4.78, 5) is 28.2. The van der Waals surface area contributed by atoms with Crippen LogP contribution in [0.2, 0.25) is 0 Å². The summed E-state index contributed by atoms with van der Waals surface area (Å²) >= 11 is 0. The zero-order valence-corrected chi connectivity index (χ0v) is 23.2. The van der Waals surface area contributed by atoms with E-state index in [9.17, 15) is 18.0 Å². The van der Waals surface area contributed by atoms with E-state index >= 15 is 0 Å². The lowest BCUT2D eigenvalue weighted by molar-refractivity contribution is -0.122. The first kappa shape index (κ1) is 27.1. The summed E-state index contributed by atoms with van der Waals surface area (Å²) in [6, 6.07) is 7.52. The Balaban J connectivity index is 1.75. The van der Waals surface area contributed by atoms with Crippen molar-refractivity contribution in [3.8, 4) is 5.75 Å². The van der Waals surface area contributed by atoms with E-state index in [4.69, 9.17) is 4.74 Å². The topological polar surface area (TPSA) is 84.0 Å². The largest absolute Gasteiger partial charge is 0.497 e. The molecule has 2 aromatic carbocycles. The van der Waals surface area contributed by atoms with Gasteiger partial charge in [-0.2, -0.15) is 4.31 Å². The van der Waals surface area contributed by atoms with Gasteiger partial charge in [0.05, 0.1) is 24.1 Å². The van der Waals surface area contributed by atoms with Crippen molar-refractivity contribution in [2.75, 3.05) is 18.6 Å². The summed E-state index contributed by atoms with van der Waals surface area (Å²) in [5.41, 5.74) is 4.73. The lowest BCUT2D eigenvalue weighted by Gasteiger charge is -2.29. The molecular weight excluding hydrogens is 488 g/mol. The minimum atomic E-state index is -4.08. The second-order valence-electron chi connectivity index (χ2n) is 10.0. The van der Waals surface area contributed by atoms with Crippen molar-refractivity contribution in [3.05, 3.63) is 64.2 Å². The molecule has 198 valence electrons. The van der Waals surface area contributed by atoms with Crippen LogP contribution in [0.5, 0.6) is 5.75 Å². The van der Waals surface area contributed by atoms with Gasteiger partial charge in [0.25, 0.3) is 5.91 Å². The third-order valence-corrected chi connectivity index (χ3v) is 9.89. The van der Waals surface area contributed by atoms with Gasteiger partial charge in [-0.3, -0.25) is 9.59 Å². The van der Waals surface area contributed by atoms with Crippen molar-refractivity contribution in [2.45, 2.75) is 77.2 Å². The van der Waals surface area contributed by atoms with Crippen molar-refractivity contribution in [2.24, 2.45) is 0 Å². The van der Waals surface area contributed by atoms with E-state index in [0.29, 0.717) is 29.0 Å². The molecule has 1 heterocycles. The maximum absolute atomic E-state index is 14.3. The Morgan fingerprint density at radius 3 is 2.22 bits per heavy atom. The fourth-order valence-corrected chi connectivity index (χ4v) is 7.52. The molecule has 2 aromatic rings. The number of imide groups is 1. The summed E-state index contributed by atoms with van der Waals surface area (Å²) in [5, 5.41) is 0. The standard InChI is InChI=1S/C29H36N2O5S/c1-19-17-20(2)22(4)28(21(19)3)37(34,35)30(16-15-23-9-7-6-8-10-23)26-18-27(32)31(29(26)33)24-11-13-25(36-5)14-12-24/h9,11-14,17,26H,6-8,10,15-16,18H2,1-5H3. The Bertz CT molecular complexity index is 1320. The van der Waals surface area contributed by atoms with Gasteiger partial charge in [0.2, 0.25) is 15.9 Å². The number of aryl methyl sites for hydroxylation is 2. The number of hydrogen-bond acceptors (Lipinski definition) is 5. The molecule has 4 rings (SSSR count). The van der Waals surface area contributed by atoms with Crippen molar-refractivity contribution in [3.63, 3.8) is 0 Å². The maximum atomic E-state index is 14.3. The number of allylic oxidation sites excluding steroid dienone is 1. The molecule has 1 saturated heterocycles. The van der Waals surface area contributed by atoms with Gasteiger partial charge in [-0.05, 0) is 106 Å². The highest BCUT2D eigenvalue weighted by Crippen LogP contribution is 2.35. The van der Waals surface area contributed by atoms with E-state index in [1.54, 1.807) is 31.4 Å². The van der Waals surface area contributed by atoms with Crippen LogP contribution in [0, 0.1) is 27.7 Å². The molecule has 8 heteroatoms. The quantitative estimate of drug-likeness (QED) is 0.353. The number of benzene rings is 2. The Hall–Kier alpha value is -2.97. The van der Waals surface area contributed by atoms with Gasteiger partial charge in [-0.1, -0.05) is 17.7 Å². The number of carbonyl (C=O) groups is 2. The molecule has 1 aliphatic heterocycles. The second kappa shape index (κ2) is 10.8. The van der Waals surface area contributed by atoms with Crippen LogP contribution < -0.4 is 9.64 Å². The number of methoxy groups -OCH3 is 1. The number of anilines is 1. The van der Waals surface area contributed by atoms with E-state index in [1.807, 2.05) is 33.8 Å². The molecule has 1 aliphatic carbocycles. The summed E-state index contributed by atoms with van der Waals surface area (Å²) < 4.78 is 35.1. The van der Waals surface area contributed by atoms with Gasteiger partial charge in [0, 0.05) is 6.54 Å². The van der Waals surface area contributed by atoms with Crippen LogP contribution in [-0.2, 0) is 19.6 Å². The predicted molar refractivity (Wildman–Crippen MR) is 144 cm³/mol. The van der Waals surface area contributed by atoms with E-state index in [-0.39, 0.29) is 17.9 Å². The van der Waals surface area contributed by atoms with Crippen LogP contribution in [0.25, 0.3) is 0 Å². The van der Waals surface area contributed by atoms with Crippen LogP contribution in [0.15, 0.2) is 46.9 Å². The molecule has 0 saturated carbocycles. The smallest absolute Gasteiger partial charge is 0.252 e. The third-order valence-electron chi connectivity index (χ3n) is 7.70. The SMILES string of the molecule is COc1ccc(N2C(=O)CC(N(CCC3=CCCCC3)S(=O)(=O)c3c(C)c(C)cc(C)c3C)C2=O)cc1. The molecule has 2 amide bonds. The molecule has 2 aliphatic rings. The van der Waals surface area contributed by atoms with Gasteiger partial charge < -0.3 is 4.74 Å². The van der Waals surface area contributed by atoms with Gasteiger partial charge in [-0.15, -0.1) is 0 Å². The molecule has 0 bridgehead atoms. The molecule has 1 fully saturated rings. The average molecular weight is 525 g/mol. The van der Waals surface area contributed by atoms with Crippen LogP contribution >= 0.6 is 0 Å². The van der Waals surface area contributed by atoms with E-state index in [1.165, 1.54) is 9.88 Å². The molecule has 0 radical (unpaired) electrons. The number of ether oxygens (including phenoxy) is 1. The number of nitrogens with zero attached hydrogens (tertiary/aromatic N) is 2. The molecule has 0 N–H and O–H groups in total. The molecule has 0 aromatic heterocycles. The first-order valence-electron chi connectivity index (χ1n) is 12.8. The van der Waals surface area contributed by atoms with Crippen molar-refractivity contribution < 1.29 is 22.7 Å². The van der Waals surface area contributed by atoms with E-state index < -0.39 is 27.9 Å². The fourth-order valence-electron chi connectivity index (χ4n) is 5.36. The van der Waals surface area contributed by atoms with Gasteiger partial charge >= 0.3 is 0 Å². The van der Waals surface area contributed by atoms with Crippen molar-refractivity contribution in [1.82, 2.24) is 4.31 Å². The molecule has 1 atom stereocenters. The number of amides is 2. The summed E-state index contributed by atoms with van der Waals surface area (Å²) in [6.45, 7) is 7.56. The highest BCUT2D eigenvalue weighted by molar-refractivity contribution is 7.89. The molecule has 37 heavy (non-hydrogen) atoms. The zero-order chi connectivity index (χ0) is 26.9. The summed E-state index contributed by atoms with van der Waals surface area (Å²) in [5.74, 6) is -0.327. The van der Waals surface area contributed by atoms with Crippen LogP contribution in [0.4, 0.5) is 5.69 Å². The van der Waals surface area contributed by atoms with E-state index in [0.717, 1.165) is 41.7 Å². The Labute approximate surface area is 220 Å². The highest BCUT2D eigenvalue weighted by atomic mass is 32.2. The normalized spacial score (nSPS) is 18.5. The monoisotopic (exact) mass is 524 g/mol. The third kappa shape index (κ3) is 5.22. The van der Waals surface area contributed by atoms with Crippen LogP contribution in [0.1, 0.15) is 60.8 Å². The number of sulfonamides is 1. The Kier molecular flexibility index (Phi) is 7.90. The summed E-state index contributed by atoms with van der Waals surface area (Å²) in [6.07, 6.45) is 6.69.